The molecule has 2 fully saturated rings. The van der Waals surface area contributed by atoms with Crippen LogP contribution < -0.4 is 10.6 Å². The first-order chi connectivity index (χ1) is 12.0. The third-order valence-electron chi connectivity index (χ3n) is 5.80. The Labute approximate surface area is 152 Å². The van der Waals surface area contributed by atoms with Gasteiger partial charge < -0.3 is 15.5 Å². The molecule has 25 heavy (non-hydrogen) atoms. The van der Waals surface area contributed by atoms with E-state index in [1.165, 1.54) is 19.8 Å². The molecule has 2 rings (SSSR count). The summed E-state index contributed by atoms with van der Waals surface area (Å²) in [5, 5.41) is 6.18. The van der Waals surface area contributed by atoms with Gasteiger partial charge in [0.1, 0.15) is 5.54 Å². The molecule has 1 aliphatic heterocycles. The lowest BCUT2D eigenvalue weighted by atomic mass is 9.67. The molecule has 0 spiro atoms. The fourth-order valence-corrected chi connectivity index (χ4v) is 4.41. The zero-order chi connectivity index (χ0) is 18.3. The quantitative estimate of drug-likeness (QED) is 0.523. The second-order valence-corrected chi connectivity index (χ2v) is 7.74. The van der Waals surface area contributed by atoms with E-state index >= 15 is 0 Å². The summed E-state index contributed by atoms with van der Waals surface area (Å²) in [6, 6.07) is 0. The van der Waals surface area contributed by atoms with Crippen molar-refractivity contribution in [2.75, 3.05) is 26.2 Å². The van der Waals surface area contributed by atoms with Gasteiger partial charge in [-0.05, 0) is 57.5 Å². The van der Waals surface area contributed by atoms with Crippen LogP contribution in [0.3, 0.4) is 0 Å². The minimum Gasteiger partial charge on any atom is -0.354 e. The molecule has 2 N–H and O–H groups in total. The van der Waals surface area contributed by atoms with Crippen LogP contribution in [0.1, 0.15) is 58.8 Å². The molecule has 1 saturated carbocycles. The zero-order valence-electron chi connectivity index (χ0n) is 16.0. The van der Waals surface area contributed by atoms with Crippen molar-refractivity contribution in [3.05, 3.63) is 12.7 Å². The summed E-state index contributed by atoms with van der Waals surface area (Å²) in [5.41, 5.74) is -0.806. The fraction of sp³-hybridized carbons (Fsp3) is 0.800. The standard InChI is InChI=1S/C20H35N3O2/c1-4-6-11-21-19(25)20(22-16(3)24)14-17(5-2)9-10-18(20)15-23-12-7-8-13-23/h5,17-18H,2,4,6-15H2,1,3H3,(H,21,25)(H,22,24)/t17-,18+,20-/m1/s1. The van der Waals surface area contributed by atoms with Crippen LogP contribution in [0, 0.1) is 11.8 Å². The average Bonchev–Trinajstić information content (AvgIpc) is 3.09. The molecule has 0 aromatic rings. The maximum atomic E-state index is 13.2. The second-order valence-electron chi connectivity index (χ2n) is 7.74. The van der Waals surface area contributed by atoms with Gasteiger partial charge in [-0.25, -0.2) is 0 Å². The Kier molecular flexibility index (Phi) is 7.48. The van der Waals surface area contributed by atoms with Gasteiger partial charge >= 0.3 is 0 Å². The number of carbonyl (C=O) groups excluding carboxylic acids is 2. The number of hydrogen-bond acceptors (Lipinski definition) is 3. The van der Waals surface area contributed by atoms with Gasteiger partial charge in [0.25, 0.3) is 0 Å². The summed E-state index contributed by atoms with van der Waals surface area (Å²) >= 11 is 0. The van der Waals surface area contributed by atoms with Gasteiger partial charge in [0, 0.05) is 25.9 Å². The predicted octanol–water partition coefficient (Wildman–Crippen LogP) is 2.48. The number of nitrogens with one attached hydrogen (secondary N) is 2. The second kappa shape index (κ2) is 9.37. The highest BCUT2D eigenvalue weighted by molar-refractivity contribution is 5.91. The van der Waals surface area contributed by atoms with Crippen molar-refractivity contribution in [1.82, 2.24) is 15.5 Å². The Morgan fingerprint density at radius 3 is 2.60 bits per heavy atom. The first kappa shape index (κ1) is 20.0. The number of hydrogen-bond donors (Lipinski definition) is 2. The smallest absolute Gasteiger partial charge is 0.246 e. The van der Waals surface area contributed by atoms with E-state index in [0.717, 1.165) is 45.3 Å². The van der Waals surface area contributed by atoms with Crippen molar-refractivity contribution >= 4 is 11.8 Å². The van der Waals surface area contributed by atoms with Crippen LogP contribution in [0.4, 0.5) is 0 Å². The number of allylic oxidation sites excluding steroid dienone is 1. The first-order valence-electron chi connectivity index (χ1n) is 9.93. The molecule has 5 heteroatoms. The highest BCUT2D eigenvalue weighted by Gasteiger charge is 2.50. The molecule has 1 aliphatic carbocycles. The van der Waals surface area contributed by atoms with Crippen LogP contribution in [0.25, 0.3) is 0 Å². The van der Waals surface area contributed by atoms with Crippen molar-refractivity contribution in [2.24, 2.45) is 11.8 Å². The first-order valence-corrected chi connectivity index (χ1v) is 9.93. The average molecular weight is 350 g/mol. The summed E-state index contributed by atoms with van der Waals surface area (Å²) in [4.78, 5) is 27.6. The predicted molar refractivity (Wildman–Crippen MR) is 101 cm³/mol. The minimum absolute atomic E-state index is 0.00750. The van der Waals surface area contributed by atoms with Gasteiger partial charge in [0.2, 0.25) is 11.8 Å². The van der Waals surface area contributed by atoms with Crippen molar-refractivity contribution in [3.8, 4) is 0 Å². The van der Waals surface area contributed by atoms with Gasteiger partial charge in [-0.15, -0.1) is 6.58 Å². The Balaban J connectivity index is 2.22. The molecular weight excluding hydrogens is 314 g/mol. The molecule has 1 saturated heterocycles. The fourth-order valence-electron chi connectivity index (χ4n) is 4.41. The number of nitrogens with zero attached hydrogens (tertiary/aromatic N) is 1. The third kappa shape index (κ3) is 5.06. The van der Waals surface area contributed by atoms with Crippen molar-refractivity contribution < 1.29 is 9.59 Å². The van der Waals surface area contributed by atoms with Crippen LogP contribution >= 0.6 is 0 Å². The molecule has 0 aromatic heterocycles. The number of rotatable bonds is 8. The Bertz CT molecular complexity index is 474. The van der Waals surface area contributed by atoms with E-state index in [9.17, 15) is 9.59 Å². The van der Waals surface area contributed by atoms with E-state index in [0.29, 0.717) is 13.0 Å². The van der Waals surface area contributed by atoms with Crippen LogP contribution in [0.15, 0.2) is 12.7 Å². The SMILES string of the molecule is C=C[C@@H]1CC[C@@H](CN2CCCC2)[C@@](NC(C)=O)(C(=O)NCCCC)C1. The lowest BCUT2D eigenvalue weighted by Crippen LogP contribution is -2.66. The zero-order valence-corrected chi connectivity index (χ0v) is 16.0. The molecule has 1 heterocycles. The van der Waals surface area contributed by atoms with Crippen molar-refractivity contribution in [1.29, 1.82) is 0 Å². The van der Waals surface area contributed by atoms with E-state index in [1.807, 2.05) is 6.08 Å². The third-order valence-corrected chi connectivity index (χ3v) is 5.80. The summed E-state index contributed by atoms with van der Waals surface area (Å²) in [7, 11) is 0. The number of unbranched alkanes of at least 4 members (excludes halogenated alkanes) is 1. The Hall–Kier alpha value is -1.36. The summed E-state index contributed by atoms with van der Waals surface area (Å²) in [6.07, 6.45) is 9.08. The van der Waals surface area contributed by atoms with Gasteiger partial charge in [-0.2, -0.15) is 0 Å². The van der Waals surface area contributed by atoms with Crippen LogP contribution in [-0.4, -0.2) is 48.4 Å². The molecule has 0 bridgehead atoms. The summed E-state index contributed by atoms with van der Waals surface area (Å²) in [5.74, 6) is 0.305. The van der Waals surface area contributed by atoms with E-state index in [2.05, 4.69) is 29.0 Å². The molecule has 142 valence electrons. The van der Waals surface area contributed by atoms with E-state index in [4.69, 9.17) is 0 Å². The largest absolute Gasteiger partial charge is 0.354 e. The summed E-state index contributed by atoms with van der Waals surface area (Å²) < 4.78 is 0. The van der Waals surface area contributed by atoms with Gasteiger partial charge in [-0.3, -0.25) is 9.59 Å². The summed E-state index contributed by atoms with van der Waals surface area (Å²) in [6.45, 7) is 11.3. The van der Waals surface area contributed by atoms with Crippen molar-refractivity contribution in [2.45, 2.75) is 64.3 Å². The van der Waals surface area contributed by atoms with Crippen LogP contribution in [-0.2, 0) is 9.59 Å². The highest BCUT2D eigenvalue weighted by Crippen LogP contribution is 2.39. The monoisotopic (exact) mass is 349 g/mol. The maximum absolute atomic E-state index is 13.2. The molecular formula is C20H35N3O2. The van der Waals surface area contributed by atoms with Gasteiger partial charge in [0.15, 0.2) is 0 Å². The Morgan fingerprint density at radius 1 is 1.28 bits per heavy atom. The number of amides is 2. The molecule has 0 aromatic carbocycles. The number of carbonyl (C=O) groups is 2. The lowest BCUT2D eigenvalue weighted by molar-refractivity contribution is -0.138. The van der Waals surface area contributed by atoms with E-state index in [-0.39, 0.29) is 23.7 Å². The molecule has 2 amide bonds. The topological polar surface area (TPSA) is 61.4 Å². The van der Waals surface area contributed by atoms with Gasteiger partial charge in [-0.1, -0.05) is 19.4 Å². The van der Waals surface area contributed by atoms with E-state index < -0.39 is 5.54 Å². The molecule has 2 aliphatic rings. The minimum atomic E-state index is -0.806. The van der Waals surface area contributed by atoms with E-state index in [1.54, 1.807) is 0 Å². The van der Waals surface area contributed by atoms with Crippen molar-refractivity contribution in [3.63, 3.8) is 0 Å². The molecule has 0 unspecified atom stereocenters. The molecule has 0 radical (unpaired) electrons. The molecule has 3 atom stereocenters. The Morgan fingerprint density at radius 2 is 2.00 bits per heavy atom. The van der Waals surface area contributed by atoms with Crippen LogP contribution in [0.5, 0.6) is 0 Å². The van der Waals surface area contributed by atoms with Crippen LogP contribution in [0.2, 0.25) is 0 Å². The lowest BCUT2D eigenvalue weighted by Gasteiger charge is -2.46. The van der Waals surface area contributed by atoms with Gasteiger partial charge in [0.05, 0.1) is 0 Å². The maximum Gasteiger partial charge on any atom is 0.246 e. The molecule has 5 nitrogen and oxygen atoms in total. The normalized spacial score (nSPS) is 30.0. The number of likely N-dealkylation sites (tertiary alicyclic amines) is 1. The highest BCUT2D eigenvalue weighted by atomic mass is 16.2.